The Hall–Kier alpha value is -2.17. The number of fused-ring (bicyclic) bond motifs is 1. The standard InChI is InChI=1S/C38H56ClN3O5S/c1-7-9-25(3)26(4)48(44)40-38(43)29-13-16-36-35(18-29)42(21-31(23-45-36)34-15-14-32(39)17-28(34)10-8-2)20-30-12-11-27(30)19-37-46-24-33(47-37)22-41(5)6/h13-18,25-27,30-31,33,37H,7-12,19-24H2,1-6H3,(H,40,43). The van der Waals surface area contributed by atoms with Crippen LogP contribution >= 0.6 is 11.6 Å². The third-order valence-electron chi connectivity index (χ3n) is 10.5. The molecule has 266 valence electrons. The molecule has 1 saturated heterocycles. The Morgan fingerprint density at radius 1 is 1.08 bits per heavy atom. The molecular weight excluding hydrogens is 646 g/mol. The van der Waals surface area contributed by atoms with Gasteiger partial charge in [0.15, 0.2) is 6.29 Å². The summed E-state index contributed by atoms with van der Waals surface area (Å²) < 4.78 is 34.7. The molecule has 1 aliphatic carbocycles. The molecule has 3 aliphatic rings. The summed E-state index contributed by atoms with van der Waals surface area (Å²) in [6.07, 6.45) is 7.15. The molecule has 0 bridgehead atoms. The van der Waals surface area contributed by atoms with Crippen molar-refractivity contribution >= 4 is 34.2 Å². The number of ether oxygens (including phenoxy) is 3. The van der Waals surface area contributed by atoms with Crippen LogP contribution in [0.15, 0.2) is 36.4 Å². The van der Waals surface area contributed by atoms with E-state index in [1.807, 2.05) is 25.1 Å². The first-order chi connectivity index (χ1) is 23.1. The van der Waals surface area contributed by atoms with E-state index in [9.17, 15) is 9.00 Å². The first kappa shape index (κ1) is 37.1. The van der Waals surface area contributed by atoms with Gasteiger partial charge in [0.25, 0.3) is 5.91 Å². The number of nitrogens with zero attached hydrogens (tertiary/aromatic N) is 2. The molecule has 1 saturated carbocycles. The van der Waals surface area contributed by atoms with Crippen LogP contribution in [0.2, 0.25) is 5.02 Å². The zero-order valence-electron chi connectivity index (χ0n) is 29.7. The molecule has 10 heteroatoms. The maximum absolute atomic E-state index is 13.5. The third-order valence-corrected chi connectivity index (χ3v) is 12.3. The van der Waals surface area contributed by atoms with Crippen LogP contribution in [-0.2, 0) is 26.9 Å². The minimum atomic E-state index is -1.47. The molecule has 2 fully saturated rings. The van der Waals surface area contributed by atoms with Gasteiger partial charge in [-0.2, -0.15) is 0 Å². The summed E-state index contributed by atoms with van der Waals surface area (Å²) in [6, 6.07) is 11.9. The van der Waals surface area contributed by atoms with Gasteiger partial charge in [0, 0.05) is 42.6 Å². The maximum atomic E-state index is 13.5. The highest BCUT2D eigenvalue weighted by molar-refractivity contribution is 7.84. The molecule has 0 aromatic heterocycles. The van der Waals surface area contributed by atoms with Crippen LogP contribution in [-0.4, -0.2) is 79.6 Å². The van der Waals surface area contributed by atoms with E-state index in [1.165, 1.54) is 11.1 Å². The van der Waals surface area contributed by atoms with Crippen LogP contribution in [0, 0.1) is 17.8 Å². The van der Waals surface area contributed by atoms with Crippen molar-refractivity contribution in [3.05, 3.63) is 58.1 Å². The van der Waals surface area contributed by atoms with E-state index < -0.39 is 11.0 Å². The van der Waals surface area contributed by atoms with Crippen molar-refractivity contribution in [2.24, 2.45) is 17.8 Å². The van der Waals surface area contributed by atoms with Crippen molar-refractivity contribution in [1.29, 1.82) is 0 Å². The molecule has 48 heavy (non-hydrogen) atoms. The Balaban J connectivity index is 1.37. The molecular formula is C38H56ClN3O5S. The van der Waals surface area contributed by atoms with E-state index in [2.05, 4.69) is 61.5 Å². The number of rotatable bonds is 15. The predicted molar refractivity (Wildman–Crippen MR) is 195 cm³/mol. The topological polar surface area (TPSA) is 80.3 Å². The molecule has 1 amide bonds. The zero-order valence-corrected chi connectivity index (χ0v) is 31.3. The number of hydrogen-bond acceptors (Lipinski definition) is 7. The average molecular weight is 702 g/mol. The van der Waals surface area contributed by atoms with Gasteiger partial charge in [0.1, 0.15) is 16.7 Å². The fourth-order valence-electron chi connectivity index (χ4n) is 7.45. The lowest BCUT2D eigenvalue weighted by Crippen LogP contribution is -2.41. The fourth-order valence-corrected chi connectivity index (χ4v) is 8.69. The lowest BCUT2D eigenvalue weighted by atomic mass is 9.71. The molecule has 8 nitrogen and oxygen atoms in total. The lowest BCUT2D eigenvalue weighted by Gasteiger charge is -2.42. The number of nitrogens with one attached hydrogen (secondary N) is 1. The normalized spacial score (nSPS) is 25.8. The van der Waals surface area contributed by atoms with E-state index >= 15 is 0 Å². The summed E-state index contributed by atoms with van der Waals surface area (Å²) in [6.45, 7) is 12.0. The van der Waals surface area contributed by atoms with Crippen molar-refractivity contribution in [3.8, 4) is 5.75 Å². The highest BCUT2D eigenvalue weighted by Gasteiger charge is 2.39. The number of amides is 1. The molecule has 2 aliphatic heterocycles. The van der Waals surface area contributed by atoms with Gasteiger partial charge in [-0.3, -0.25) is 9.52 Å². The second kappa shape index (κ2) is 17.2. The largest absolute Gasteiger partial charge is 0.491 e. The van der Waals surface area contributed by atoms with Crippen molar-refractivity contribution < 1.29 is 23.2 Å². The molecule has 0 spiro atoms. The van der Waals surface area contributed by atoms with Gasteiger partial charge in [-0.25, -0.2) is 4.21 Å². The number of anilines is 1. The van der Waals surface area contributed by atoms with Crippen molar-refractivity contribution in [2.75, 3.05) is 51.8 Å². The highest BCUT2D eigenvalue weighted by Crippen LogP contribution is 2.43. The Kier molecular flexibility index (Phi) is 13.3. The number of carbonyl (C=O) groups excluding carboxylic acids is 1. The number of aryl methyl sites for hydroxylation is 1. The lowest BCUT2D eigenvalue weighted by molar-refractivity contribution is -0.0867. The first-order valence-electron chi connectivity index (χ1n) is 18.0. The van der Waals surface area contributed by atoms with E-state index in [1.54, 1.807) is 6.07 Å². The smallest absolute Gasteiger partial charge is 0.263 e. The quantitative estimate of drug-likeness (QED) is 0.210. The summed E-state index contributed by atoms with van der Waals surface area (Å²) >= 11 is 6.45. The monoisotopic (exact) mass is 701 g/mol. The SMILES string of the molecule is CCCc1cc(Cl)ccc1C1COc2ccc(C(=O)NS(=O)C(C)C(C)CCC)cc2N(CC2CCC2CC2OCC(CN(C)C)O2)C1. The average Bonchev–Trinajstić information content (AvgIpc) is 3.40. The van der Waals surface area contributed by atoms with Crippen LogP contribution in [0.5, 0.6) is 5.75 Å². The molecule has 2 aromatic carbocycles. The van der Waals surface area contributed by atoms with Crippen LogP contribution in [0.3, 0.4) is 0 Å². The van der Waals surface area contributed by atoms with E-state index in [-0.39, 0.29) is 35.4 Å². The second-order valence-corrected chi connectivity index (χ2v) is 16.5. The molecule has 8 atom stereocenters. The van der Waals surface area contributed by atoms with Crippen molar-refractivity contribution in [2.45, 2.75) is 96.2 Å². The van der Waals surface area contributed by atoms with Crippen molar-refractivity contribution in [3.63, 3.8) is 0 Å². The van der Waals surface area contributed by atoms with Gasteiger partial charge in [0.05, 0.1) is 30.3 Å². The van der Waals surface area contributed by atoms with E-state index in [4.69, 9.17) is 25.8 Å². The third kappa shape index (κ3) is 9.33. The first-order valence-corrected chi connectivity index (χ1v) is 19.6. The van der Waals surface area contributed by atoms with Crippen LogP contribution in [0.1, 0.15) is 93.6 Å². The Labute approximate surface area is 295 Å². The van der Waals surface area contributed by atoms with Gasteiger partial charge in [-0.05, 0) is 106 Å². The maximum Gasteiger partial charge on any atom is 0.263 e. The summed E-state index contributed by atoms with van der Waals surface area (Å²) in [4.78, 5) is 18.0. The second-order valence-electron chi connectivity index (χ2n) is 14.5. The number of halogens is 1. The van der Waals surface area contributed by atoms with E-state index in [0.717, 1.165) is 81.0 Å². The minimum absolute atomic E-state index is 0.118. The molecule has 2 aromatic rings. The van der Waals surface area contributed by atoms with Gasteiger partial charge < -0.3 is 24.0 Å². The zero-order chi connectivity index (χ0) is 34.4. The van der Waals surface area contributed by atoms with Crippen molar-refractivity contribution in [1.82, 2.24) is 9.62 Å². The molecule has 0 radical (unpaired) electrons. The molecule has 2 heterocycles. The predicted octanol–water partition coefficient (Wildman–Crippen LogP) is 7.21. The van der Waals surface area contributed by atoms with Gasteiger partial charge in [-0.1, -0.05) is 51.3 Å². The molecule has 5 rings (SSSR count). The Morgan fingerprint density at radius 2 is 1.88 bits per heavy atom. The Bertz CT molecular complexity index is 1410. The summed E-state index contributed by atoms with van der Waals surface area (Å²) in [5, 5.41) is 0.623. The van der Waals surface area contributed by atoms with Gasteiger partial charge in [0.2, 0.25) is 0 Å². The fraction of sp³-hybridized carbons (Fsp3) is 0.658. The van der Waals surface area contributed by atoms with Crippen LogP contribution in [0.4, 0.5) is 5.69 Å². The summed E-state index contributed by atoms with van der Waals surface area (Å²) in [5.41, 5.74) is 3.95. The number of likely N-dealkylation sites (N-methyl/N-ethyl adjacent to an activating group) is 1. The number of hydrogen-bond donors (Lipinski definition) is 1. The highest BCUT2D eigenvalue weighted by atomic mass is 35.5. The van der Waals surface area contributed by atoms with Gasteiger partial charge >= 0.3 is 0 Å². The number of benzene rings is 2. The summed E-state index contributed by atoms with van der Waals surface area (Å²) in [5.74, 6) is 1.82. The number of carbonyl (C=O) groups is 1. The summed E-state index contributed by atoms with van der Waals surface area (Å²) in [7, 11) is 2.65. The van der Waals surface area contributed by atoms with Crippen LogP contribution in [0.25, 0.3) is 0 Å². The minimum Gasteiger partial charge on any atom is -0.491 e. The van der Waals surface area contributed by atoms with E-state index in [0.29, 0.717) is 30.6 Å². The van der Waals surface area contributed by atoms with Crippen LogP contribution < -0.4 is 14.4 Å². The molecule has 1 N–H and O–H groups in total. The van der Waals surface area contributed by atoms with Gasteiger partial charge in [-0.15, -0.1) is 0 Å². The molecule has 8 unspecified atom stereocenters. The Morgan fingerprint density at radius 3 is 2.58 bits per heavy atom.